The molecule has 0 atom stereocenters. The topological polar surface area (TPSA) is 83.3 Å². The molecule has 0 spiro atoms. The molecule has 1 fully saturated rings. The van der Waals surface area contributed by atoms with Gasteiger partial charge in [-0.15, -0.1) is 0 Å². The second-order valence-corrected chi connectivity index (χ2v) is 9.63. The van der Waals surface area contributed by atoms with Gasteiger partial charge in [0.2, 0.25) is 0 Å². The van der Waals surface area contributed by atoms with Crippen molar-refractivity contribution in [3.63, 3.8) is 0 Å². The van der Waals surface area contributed by atoms with Gasteiger partial charge in [0.25, 0.3) is 0 Å². The maximum Gasteiger partial charge on any atom is 0.319 e. The standard InChI is InChI=1S/C25H24BrClN6O/c26-20-15-29-33-23(13-22(32-24(20)33)19-10-3-4-11-21(19)27)28-14-16-6-5-9-18(12-16)31-25(34)30-17-7-1-2-8-17/h3-6,9-13,15,17,28H,1-2,7-8,14H2,(H2,30,31,34). The Bertz CT molecular complexity index is 1330. The number of benzene rings is 2. The molecule has 1 saturated carbocycles. The van der Waals surface area contributed by atoms with Crippen LogP contribution in [0.3, 0.4) is 0 Å². The van der Waals surface area contributed by atoms with Crippen LogP contribution in [0.2, 0.25) is 5.02 Å². The average molecular weight is 540 g/mol. The first-order valence-corrected chi connectivity index (χ1v) is 12.4. The Morgan fingerprint density at radius 2 is 1.94 bits per heavy atom. The first-order chi connectivity index (χ1) is 16.6. The first-order valence-electron chi connectivity index (χ1n) is 11.3. The van der Waals surface area contributed by atoms with Crippen LogP contribution in [0.4, 0.5) is 16.3 Å². The Kier molecular flexibility index (Phi) is 6.69. The molecule has 3 N–H and O–H groups in total. The van der Waals surface area contributed by atoms with Crippen molar-refractivity contribution in [3.8, 4) is 11.3 Å². The fraction of sp³-hybridized carbons (Fsp3) is 0.240. The van der Waals surface area contributed by atoms with Crippen LogP contribution in [-0.4, -0.2) is 26.7 Å². The normalized spacial score (nSPS) is 13.8. The molecule has 2 amide bonds. The molecule has 0 aliphatic heterocycles. The highest BCUT2D eigenvalue weighted by molar-refractivity contribution is 9.10. The van der Waals surface area contributed by atoms with Gasteiger partial charge in [-0.25, -0.2) is 9.78 Å². The SMILES string of the molecule is O=C(Nc1cccc(CNc2cc(-c3ccccc3Cl)nc3c(Br)cnn23)c1)NC1CCCC1. The third kappa shape index (κ3) is 5.03. The molecule has 2 heterocycles. The molecule has 34 heavy (non-hydrogen) atoms. The summed E-state index contributed by atoms with van der Waals surface area (Å²) in [5.74, 6) is 0.781. The van der Waals surface area contributed by atoms with Gasteiger partial charge >= 0.3 is 6.03 Å². The molecule has 4 aromatic rings. The highest BCUT2D eigenvalue weighted by Crippen LogP contribution is 2.30. The first kappa shape index (κ1) is 22.7. The number of carbonyl (C=O) groups excluding carboxylic acids is 1. The van der Waals surface area contributed by atoms with Gasteiger partial charge in [0.1, 0.15) is 5.82 Å². The number of amides is 2. The number of anilines is 2. The summed E-state index contributed by atoms with van der Waals surface area (Å²) in [6.07, 6.45) is 6.19. The Hall–Kier alpha value is -3.10. The minimum atomic E-state index is -0.154. The molecule has 0 saturated heterocycles. The Morgan fingerprint density at radius 3 is 2.76 bits per heavy atom. The van der Waals surface area contributed by atoms with Crippen LogP contribution in [-0.2, 0) is 6.54 Å². The fourth-order valence-corrected chi connectivity index (χ4v) is 4.82. The van der Waals surface area contributed by atoms with Gasteiger partial charge < -0.3 is 16.0 Å². The van der Waals surface area contributed by atoms with E-state index >= 15 is 0 Å². The predicted molar refractivity (Wildman–Crippen MR) is 139 cm³/mol. The summed E-state index contributed by atoms with van der Waals surface area (Å²) in [7, 11) is 0. The van der Waals surface area contributed by atoms with Crippen LogP contribution < -0.4 is 16.0 Å². The monoisotopic (exact) mass is 538 g/mol. The number of urea groups is 1. The maximum atomic E-state index is 12.3. The lowest BCUT2D eigenvalue weighted by Gasteiger charge is -2.14. The number of fused-ring (bicyclic) bond motifs is 1. The zero-order chi connectivity index (χ0) is 23.5. The summed E-state index contributed by atoms with van der Waals surface area (Å²) in [5, 5.41) is 14.5. The maximum absolute atomic E-state index is 12.3. The van der Waals surface area contributed by atoms with Crippen molar-refractivity contribution in [2.24, 2.45) is 0 Å². The van der Waals surface area contributed by atoms with Crippen molar-refractivity contribution in [1.29, 1.82) is 0 Å². The van der Waals surface area contributed by atoms with Crippen molar-refractivity contribution in [1.82, 2.24) is 19.9 Å². The van der Waals surface area contributed by atoms with E-state index in [9.17, 15) is 4.79 Å². The molecule has 9 heteroatoms. The molecule has 7 nitrogen and oxygen atoms in total. The fourth-order valence-electron chi connectivity index (χ4n) is 4.24. The van der Waals surface area contributed by atoms with Gasteiger partial charge in [-0.2, -0.15) is 9.61 Å². The molecule has 1 aliphatic carbocycles. The van der Waals surface area contributed by atoms with Crippen LogP contribution in [0.15, 0.2) is 65.3 Å². The van der Waals surface area contributed by atoms with Gasteiger partial charge in [-0.05, 0) is 52.5 Å². The van der Waals surface area contributed by atoms with E-state index in [2.05, 4.69) is 37.0 Å². The Balaban J connectivity index is 1.34. The number of hydrogen-bond donors (Lipinski definition) is 3. The molecule has 2 aromatic carbocycles. The zero-order valence-electron chi connectivity index (χ0n) is 18.4. The molecular weight excluding hydrogens is 516 g/mol. The second kappa shape index (κ2) is 10.0. The Morgan fingerprint density at radius 1 is 1.12 bits per heavy atom. The lowest BCUT2D eigenvalue weighted by Crippen LogP contribution is -2.36. The molecule has 1 aliphatic rings. The highest BCUT2D eigenvalue weighted by atomic mass is 79.9. The summed E-state index contributed by atoms with van der Waals surface area (Å²) < 4.78 is 2.55. The number of halogens is 2. The van der Waals surface area contributed by atoms with Crippen molar-refractivity contribution in [2.45, 2.75) is 38.3 Å². The van der Waals surface area contributed by atoms with E-state index in [1.807, 2.05) is 54.6 Å². The van der Waals surface area contributed by atoms with E-state index in [-0.39, 0.29) is 12.1 Å². The van der Waals surface area contributed by atoms with Crippen LogP contribution in [0.5, 0.6) is 0 Å². The molecule has 174 valence electrons. The zero-order valence-corrected chi connectivity index (χ0v) is 20.7. The highest BCUT2D eigenvalue weighted by Gasteiger charge is 2.17. The quantitative estimate of drug-likeness (QED) is 0.262. The summed E-state index contributed by atoms with van der Waals surface area (Å²) in [5.41, 5.74) is 4.07. The van der Waals surface area contributed by atoms with Crippen LogP contribution in [0, 0.1) is 0 Å². The van der Waals surface area contributed by atoms with Crippen molar-refractivity contribution in [2.75, 3.05) is 10.6 Å². The van der Waals surface area contributed by atoms with Crippen LogP contribution in [0.25, 0.3) is 16.9 Å². The number of aromatic nitrogens is 3. The smallest absolute Gasteiger partial charge is 0.319 e. The molecule has 2 aromatic heterocycles. The van der Waals surface area contributed by atoms with E-state index in [0.29, 0.717) is 17.2 Å². The van der Waals surface area contributed by atoms with Crippen LogP contribution in [0.1, 0.15) is 31.2 Å². The van der Waals surface area contributed by atoms with Crippen molar-refractivity contribution >= 4 is 50.7 Å². The summed E-state index contributed by atoms with van der Waals surface area (Å²) in [6.45, 7) is 0.540. The van der Waals surface area contributed by atoms with Crippen molar-refractivity contribution in [3.05, 3.63) is 75.9 Å². The lowest BCUT2D eigenvalue weighted by molar-refractivity contribution is 0.248. The number of nitrogens with one attached hydrogen (secondary N) is 3. The second-order valence-electron chi connectivity index (χ2n) is 8.37. The van der Waals surface area contributed by atoms with E-state index in [0.717, 1.165) is 45.6 Å². The third-order valence-electron chi connectivity index (χ3n) is 5.93. The van der Waals surface area contributed by atoms with Crippen molar-refractivity contribution < 1.29 is 4.79 Å². The van der Waals surface area contributed by atoms with Gasteiger partial charge in [0.05, 0.1) is 16.4 Å². The number of carbonyl (C=O) groups is 1. The summed E-state index contributed by atoms with van der Waals surface area (Å²) in [4.78, 5) is 17.1. The Labute approximate surface area is 211 Å². The van der Waals surface area contributed by atoms with Gasteiger partial charge in [-0.3, -0.25) is 0 Å². The van der Waals surface area contributed by atoms with Crippen LogP contribution >= 0.6 is 27.5 Å². The molecule has 0 bridgehead atoms. The van der Waals surface area contributed by atoms with Gasteiger partial charge in [0.15, 0.2) is 5.65 Å². The number of rotatable bonds is 6. The average Bonchev–Trinajstić information content (AvgIpc) is 3.48. The van der Waals surface area contributed by atoms with E-state index in [1.165, 1.54) is 12.8 Å². The summed E-state index contributed by atoms with van der Waals surface area (Å²) in [6, 6.07) is 17.5. The number of hydrogen-bond acceptors (Lipinski definition) is 4. The molecule has 0 radical (unpaired) electrons. The summed E-state index contributed by atoms with van der Waals surface area (Å²) >= 11 is 9.96. The minimum Gasteiger partial charge on any atom is -0.366 e. The number of nitrogens with zero attached hydrogens (tertiary/aromatic N) is 3. The molecule has 0 unspecified atom stereocenters. The van der Waals surface area contributed by atoms with E-state index in [1.54, 1.807) is 10.7 Å². The largest absolute Gasteiger partial charge is 0.366 e. The van der Waals surface area contributed by atoms with E-state index < -0.39 is 0 Å². The van der Waals surface area contributed by atoms with Gasteiger partial charge in [0, 0.05) is 34.9 Å². The molecular formula is C25H24BrClN6O. The molecule has 5 rings (SSSR count). The third-order valence-corrected chi connectivity index (χ3v) is 6.82. The van der Waals surface area contributed by atoms with Gasteiger partial charge in [-0.1, -0.05) is 54.8 Å². The van der Waals surface area contributed by atoms with E-state index in [4.69, 9.17) is 16.6 Å². The predicted octanol–water partition coefficient (Wildman–Crippen LogP) is 6.49. The lowest BCUT2D eigenvalue weighted by atomic mass is 10.1. The minimum absolute atomic E-state index is 0.154.